The minimum Gasteiger partial charge on any atom is -0.363 e. The summed E-state index contributed by atoms with van der Waals surface area (Å²) in [7, 11) is 0. The van der Waals surface area contributed by atoms with Crippen molar-refractivity contribution >= 4 is 17.4 Å². The first kappa shape index (κ1) is 20.5. The summed E-state index contributed by atoms with van der Waals surface area (Å²) in [5.74, 6) is -0.0648. The van der Waals surface area contributed by atoms with Gasteiger partial charge in [0.2, 0.25) is 0 Å². The van der Waals surface area contributed by atoms with Gasteiger partial charge in [0.25, 0.3) is 0 Å². The van der Waals surface area contributed by atoms with E-state index in [2.05, 4.69) is 0 Å². The van der Waals surface area contributed by atoms with Gasteiger partial charge in [-0.15, -0.1) is 0 Å². The quantitative estimate of drug-likeness (QED) is 0.335. The SMILES string of the molecule is CC(C)(OCc1ccccc1)C(=O)/C=C(\C=C\c1ccccc1)c1ccccc1. The van der Waals surface area contributed by atoms with Crippen LogP contribution in [0.1, 0.15) is 30.5 Å². The molecular weight excluding hydrogens is 356 g/mol. The number of ether oxygens (including phenoxy) is 1. The molecule has 0 saturated heterocycles. The Bertz CT molecular complexity index is 969. The zero-order valence-electron chi connectivity index (χ0n) is 16.9. The highest BCUT2D eigenvalue weighted by Gasteiger charge is 2.27. The Labute approximate surface area is 173 Å². The molecule has 0 bridgehead atoms. The van der Waals surface area contributed by atoms with Crippen molar-refractivity contribution in [1.29, 1.82) is 0 Å². The maximum atomic E-state index is 13.0. The van der Waals surface area contributed by atoms with E-state index < -0.39 is 5.60 Å². The Morgan fingerprint density at radius 2 is 1.38 bits per heavy atom. The van der Waals surface area contributed by atoms with Crippen molar-refractivity contribution in [3.63, 3.8) is 0 Å². The van der Waals surface area contributed by atoms with Crippen LogP contribution in [-0.4, -0.2) is 11.4 Å². The Hall–Kier alpha value is -3.23. The van der Waals surface area contributed by atoms with E-state index in [-0.39, 0.29) is 5.78 Å². The molecular formula is C27H26O2. The van der Waals surface area contributed by atoms with Crippen LogP contribution < -0.4 is 0 Å². The first-order chi connectivity index (χ1) is 14.0. The Morgan fingerprint density at radius 1 is 0.828 bits per heavy atom. The van der Waals surface area contributed by atoms with E-state index in [1.807, 2.05) is 117 Å². The molecule has 0 radical (unpaired) electrons. The second-order valence-corrected chi connectivity index (χ2v) is 7.36. The molecule has 0 fully saturated rings. The summed E-state index contributed by atoms with van der Waals surface area (Å²) in [6, 6.07) is 29.9. The third kappa shape index (κ3) is 6.13. The molecule has 0 aliphatic heterocycles. The van der Waals surface area contributed by atoms with Crippen LogP contribution in [0.25, 0.3) is 11.6 Å². The van der Waals surface area contributed by atoms with E-state index >= 15 is 0 Å². The fourth-order valence-electron chi connectivity index (χ4n) is 2.83. The molecule has 0 heterocycles. The minimum absolute atomic E-state index is 0.0648. The standard InChI is InChI=1S/C27H26O2/c1-27(2,29-21-23-14-8-4-9-15-23)26(28)20-25(24-16-10-5-11-17-24)19-18-22-12-6-3-7-13-22/h3-20H,21H2,1-2H3/b19-18+,25-20+. The average Bonchev–Trinajstić information content (AvgIpc) is 2.77. The second-order valence-electron chi connectivity index (χ2n) is 7.36. The topological polar surface area (TPSA) is 26.3 Å². The summed E-state index contributed by atoms with van der Waals surface area (Å²) in [6.45, 7) is 4.03. The van der Waals surface area contributed by atoms with Gasteiger partial charge in [-0.25, -0.2) is 0 Å². The molecule has 0 saturated carbocycles. The van der Waals surface area contributed by atoms with Gasteiger partial charge in [-0.2, -0.15) is 0 Å². The van der Waals surface area contributed by atoms with Crippen LogP contribution in [-0.2, 0) is 16.1 Å². The Morgan fingerprint density at radius 3 is 2.00 bits per heavy atom. The van der Waals surface area contributed by atoms with Crippen molar-refractivity contribution in [2.24, 2.45) is 0 Å². The predicted molar refractivity (Wildman–Crippen MR) is 120 cm³/mol. The van der Waals surface area contributed by atoms with E-state index in [1.165, 1.54) is 0 Å². The zero-order chi connectivity index (χ0) is 20.5. The molecule has 2 nitrogen and oxygen atoms in total. The van der Waals surface area contributed by atoms with Crippen LogP contribution in [0, 0.1) is 0 Å². The van der Waals surface area contributed by atoms with Crippen molar-refractivity contribution < 1.29 is 9.53 Å². The van der Waals surface area contributed by atoms with E-state index in [4.69, 9.17) is 4.74 Å². The van der Waals surface area contributed by atoms with Crippen LogP contribution in [0.15, 0.2) is 103 Å². The first-order valence-corrected chi connectivity index (χ1v) is 9.77. The number of hydrogen-bond acceptors (Lipinski definition) is 2. The van der Waals surface area contributed by atoms with Gasteiger partial charge in [-0.05, 0) is 42.2 Å². The number of carbonyl (C=O) groups excluding carboxylic acids is 1. The van der Waals surface area contributed by atoms with Gasteiger partial charge in [0.05, 0.1) is 6.61 Å². The summed E-state index contributed by atoms with van der Waals surface area (Å²) >= 11 is 0. The van der Waals surface area contributed by atoms with Gasteiger partial charge < -0.3 is 4.74 Å². The lowest BCUT2D eigenvalue weighted by Crippen LogP contribution is -2.33. The number of hydrogen-bond donors (Lipinski definition) is 0. The van der Waals surface area contributed by atoms with Crippen molar-refractivity contribution in [2.75, 3.05) is 0 Å². The number of benzene rings is 3. The van der Waals surface area contributed by atoms with Crippen molar-refractivity contribution in [3.05, 3.63) is 120 Å². The highest BCUT2D eigenvalue weighted by Crippen LogP contribution is 2.22. The van der Waals surface area contributed by atoms with Gasteiger partial charge in [0.15, 0.2) is 5.78 Å². The molecule has 0 aliphatic carbocycles. The Balaban J connectivity index is 1.82. The molecule has 146 valence electrons. The van der Waals surface area contributed by atoms with E-state index in [0.29, 0.717) is 6.61 Å². The number of rotatable bonds is 8. The van der Waals surface area contributed by atoms with Gasteiger partial charge >= 0.3 is 0 Å². The number of carbonyl (C=O) groups is 1. The average molecular weight is 383 g/mol. The highest BCUT2D eigenvalue weighted by atomic mass is 16.5. The van der Waals surface area contributed by atoms with Gasteiger partial charge in [0.1, 0.15) is 5.60 Å². The Kier molecular flexibility index (Phi) is 6.94. The summed E-state index contributed by atoms with van der Waals surface area (Å²) < 4.78 is 5.96. The van der Waals surface area contributed by atoms with Crippen molar-refractivity contribution in [3.8, 4) is 0 Å². The molecule has 0 aliphatic rings. The number of allylic oxidation sites excluding steroid dienone is 2. The largest absolute Gasteiger partial charge is 0.363 e. The van der Waals surface area contributed by atoms with E-state index in [9.17, 15) is 4.79 Å². The smallest absolute Gasteiger partial charge is 0.187 e. The van der Waals surface area contributed by atoms with E-state index in [1.54, 1.807) is 6.08 Å². The zero-order valence-corrected chi connectivity index (χ0v) is 16.9. The lowest BCUT2D eigenvalue weighted by Gasteiger charge is -2.23. The first-order valence-electron chi connectivity index (χ1n) is 9.77. The summed E-state index contributed by atoms with van der Waals surface area (Å²) in [6.07, 6.45) is 5.68. The molecule has 0 amide bonds. The second kappa shape index (κ2) is 9.81. The van der Waals surface area contributed by atoms with E-state index in [0.717, 1.165) is 22.3 Å². The third-order valence-electron chi connectivity index (χ3n) is 4.68. The van der Waals surface area contributed by atoms with Crippen molar-refractivity contribution in [2.45, 2.75) is 26.1 Å². The maximum absolute atomic E-state index is 13.0. The van der Waals surface area contributed by atoms with Crippen molar-refractivity contribution in [1.82, 2.24) is 0 Å². The lowest BCUT2D eigenvalue weighted by molar-refractivity contribution is -0.136. The third-order valence-corrected chi connectivity index (χ3v) is 4.68. The van der Waals surface area contributed by atoms with Gasteiger partial charge in [-0.1, -0.05) is 103 Å². The summed E-state index contributed by atoms with van der Waals surface area (Å²) in [5, 5.41) is 0. The molecule has 0 N–H and O–H groups in total. The van der Waals surface area contributed by atoms with Crippen LogP contribution >= 0.6 is 0 Å². The lowest BCUT2D eigenvalue weighted by atomic mass is 9.97. The van der Waals surface area contributed by atoms with Crippen LogP contribution in [0.3, 0.4) is 0 Å². The molecule has 29 heavy (non-hydrogen) atoms. The van der Waals surface area contributed by atoms with Crippen LogP contribution in [0.4, 0.5) is 0 Å². The molecule has 0 spiro atoms. The normalized spacial score (nSPS) is 12.3. The molecule has 2 heteroatoms. The van der Waals surface area contributed by atoms with Crippen LogP contribution in [0.5, 0.6) is 0 Å². The molecule has 3 aromatic carbocycles. The molecule has 3 aromatic rings. The monoisotopic (exact) mass is 382 g/mol. The molecule has 3 rings (SSSR count). The minimum atomic E-state index is -0.920. The highest BCUT2D eigenvalue weighted by molar-refractivity contribution is 6.04. The molecule has 0 unspecified atom stereocenters. The predicted octanol–water partition coefficient (Wildman–Crippen LogP) is 6.35. The molecule has 0 aromatic heterocycles. The maximum Gasteiger partial charge on any atom is 0.187 e. The van der Waals surface area contributed by atoms with Gasteiger partial charge in [-0.3, -0.25) is 4.79 Å². The molecule has 0 atom stereocenters. The van der Waals surface area contributed by atoms with Crippen LogP contribution in [0.2, 0.25) is 0 Å². The van der Waals surface area contributed by atoms with Gasteiger partial charge in [0, 0.05) is 0 Å². The fourth-order valence-corrected chi connectivity index (χ4v) is 2.83. The summed E-state index contributed by atoms with van der Waals surface area (Å²) in [4.78, 5) is 13.0. The number of ketones is 1. The fraction of sp³-hybridized carbons (Fsp3) is 0.148. The summed E-state index contributed by atoms with van der Waals surface area (Å²) in [5.41, 5.74) is 3.06.